The van der Waals surface area contributed by atoms with E-state index in [0.29, 0.717) is 24.9 Å². The van der Waals surface area contributed by atoms with Crippen LogP contribution in [0.15, 0.2) is 0 Å². The van der Waals surface area contributed by atoms with Crippen molar-refractivity contribution >= 4 is 9.84 Å². The molecule has 0 aromatic carbocycles. The Morgan fingerprint density at radius 3 is 2.62 bits per heavy atom. The average molecular weight is 207 g/mol. The van der Waals surface area contributed by atoms with Crippen molar-refractivity contribution in [2.45, 2.75) is 6.92 Å². The molecule has 0 aromatic rings. The Kier molecular flexibility index (Phi) is 4.15. The van der Waals surface area contributed by atoms with E-state index in [-0.39, 0.29) is 5.75 Å². The van der Waals surface area contributed by atoms with Crippen molar-refractivity contribution in [2.75, 3.05) is 37.8 Å². The van der Waals surface area contributed by atoms with Crippen LogP contribution in [0, 0.1) is 5.92 Å². The quantitative estimate of drug-likeness (QED) is 0.605. The van der Waals surface area contributed by atoms with Crippen LogP contribution in [0.2, 0.25) is 0 Å². The lowest BCUT2D eigenvalue weighted by Gasteiger charge is -2.26. The lowest BCUT2D eigenvalue weighted by molar-refractivity contribution is 0.163. The van der Waals surface area contributed by atoms with Gasteiger partial charge in [-0.2, -0.15) is 0 Å². The fraction of sp³-hybridized carbons (Fsp3) is 1.00. The highest BCUT2D eigenvalue weighted by molar-refractivity contribution is 7.91. The summed E-state index contributed by atoms with van der Waals surface area (Å²) in [6.45, 7) is 4.46. The second-order valence-electron chi connectivity index (χ2n) is 3.34. The monoisotopic (exact) mass is 207 g/mol. The summed E-state index contributed by atoms with van der Waals surface area (Å²) in [5.74, 6) is 0.802. The van der Waals surface area contributed by atoms with Crippen LogP contribution in [0.25, 0.3) is 0 Å². The van der Waals surface area contributed by atoms with Gasteiger partial charge in [0.2, 0.25) is 0 Å². The molecule has 78 valence electrons. The number of rotatable bonds is 6. The van der Waals surface area contributed by atoms with Crippen molar-refractivity contribution in [3.8, 4) is 0 Å². The maximum atomic E-state index is 11.4. The number of hydrogen-bond acceptors (Lipinski definition) is 4. The summed E-state index contributed by atoms with van der Waals surface area (Å²) < 4.78 is 27.8. The number of hydrogen-bond donors (Lipinski definition) is 1. The highest BCUT2D eigenvalue weighted by Gasteiger charge is 2.23. The van der Waals surface area contributed by atoms with Crippen LogP contribution in [0.3, 0.4) is 0 Å². The predicted octanol–water partition coefficient (Wildman–Crippen LogP) is -0.343. The number of nitrogens with one attached hydrogen (secondary N) is 1. The lowest BCUT2D eigenvalue weighted by Crippen LogP contribution is -2.46. The summed E-state index contributed by atoms with van der Waals surface area (Å²) in [6, 6.07) is 0. The molecule has 13 heavy (non-hydrogen) atoms. The molecule has 1 N–H and O–H groups in total. The standard InChI is InChI=1S/C8H17NO3S/c1-2-12-3-4-13(10,11)7-8-5-9-6-8/h8-9H,2-7H2,1H3. The lowest BCUT2D eigenvalue weighted by atomic mass is 10.1. The predicted molar refractivity (Wildman–Crippen MR) is 51.5 cm³/mol. The normalized spacial score (nSPS) is 18.5. The van der Waals surface area contributed by atoms with Crippen LogP contribution in [0.5, 0.6) is 0 Å². The molecule has 5 heteroatoms. The highest BCUT2D eigenvalue weighted by atomic mass is 32.2. The Bertz CT molecular complexity index is 234. The van der Waals surface area contributed by atoms with Gasteiger partial charge in [-0.15, -0.1) is 0 Å². The van der Waals surface area contributed by atoms with E-state index in [4.69, 9.17) is 4.74 Å². The van der Waals surface area contributed by atoms with Crippen molar-refractivity contribution in [1.29, 1.82) is 0 Å². The van der Waals surface area contributed by atoms with E-state index in [1.165, 1.54) is 0 Å². The van der Waals surface area contributed by atoms with Crippen molar-refractivity contribution in [2.24, 2.45) is 5.92 Å². The summed E-state index contributed by atoms with van der Waals surface area (Å²) in [5, 5.41) is 3.06. The van der Waals surface area contributed by atoms with Gasteiger partial charge < -0.3 is 10.1 Å². The Hall–Kier alpha value is -0.130. The Labute approximate surface area is 79.6 Å². The molecule has 1 heterocycles. The smallest absolute Gasteiger partial charge is 0.152 e. The first-order valence-electron chi connectivity index (χ1n) is 4.63. The Morgan fingerprint density at radius 1 is 1.46 bits per heavy atom. The van der Waals surface area contributed by atoms with E-state index in [1.54, 1.807) is 0 Å². The summed E-state index contributed by atoms with van der Waals surface area (Å²) in [6.07, 6.45) is 0. The van der Waals surface area contributed by atoms with Gasteiger partial charge in [-0.25, -0.2) is 8.42 Å². The zero-order chi connectivity index (χ0) is 9.73. The third kappa shape index (κ3) is 4.06. The second kappa shape index (κ2) is 4.93. The Balaban J connectivity index is 2.20. The van der Waals surface area contributed by atoms with Crippen molar-refractivity contribution in [1.82, 2.24) is 5.32 Å². The highest BCUT2D eigenvalue weighted by Crippen LogP contribution is 2.07. The van der Waals surface area contributed by atoms with Gasteiger partial charge in [0.25, 0.3) is 0 Å². The summed E-state index contributed by atoms with van der Waals surface area (Å²) in [4.78, 5) is 0. The minimum Gasteiger partial charge on any atom is -0.381 e. The van der Waals surface area contributed by atoms with E-state index in [0.717, 1.165) is 13.1 Å². The van der Waals surface area contributed by atoms with Gasteiger partial charge in [-0.1, -0.05) is 0 Å². The first-order chi connectivity index (χ1) is 6.14. The van der Waals surface area contributed by atoms with Gasteiger partial charge in [0.15, 0.2) is 9.84 Å². The fourth-order valence-corrected chi connectivity index (χ4v) is 2.73. The summed E-state index contributed by atoms with van der Waals surface area (Å²) >= 11 is 0. The molecule has 0 atom stereocenters. The van der Waals surface area contributed by atoms with E-state index >= 15 is 0 Å². The molecule has 0 saturated carbocycles. The van der Waals surface area contributed by atoms with E-state index in [2.05, 4.69) is 5.32 Å². The average Bonchev–Trinajstić information content (AvgIpc) is 1.98. The maximum absolute atomic E-state index is 11.4. The third-order valence-corrected chi connectivity index (χ3v) is 3.87. The molecule has 0 radical (unpaired) electrons. The SMILES string of the molecule is CCOCCS(=O)(=O)CC1CNC1. The van der Waals surface area contributed by atoms with Gasteiger partial charge in [0, 0.05) is 19.7 Å². The molecular formula is C8H17NO3S. The molecule has 0 amide bonds. The molecule has 0 aliphatic carbocycles. The minimum absolute atomic E-state index is 0.164. The van der Waals surface area contributed by atoms with Crippen LogP contribution in [-0.2, 0) is 14.6 Å². The van der Waals surface area contributed by atoms with Gasteiger partial charge >= 0.3 is 0 Å². The van der Waals surface area contributed by atoms with Crippen LogP contribution in [0.1, 0.15) is 6.92 Å². The molecule has 1 saturated heterocycles. The molecular weight excluding hydrogens is 190 g/mol. The molecule has 0 aromatic heterocycles. The first kappa shape index (κ1) is 10.9. The molecule has 0 spiro atoms. The van der Waals surface area contributed by atoms with Gasteiger partial charge in [-0.3, -0.25) is 0 Å². The largest absolute Gasteiger partial charge is 0.381 e. The van der Waals surface area contributed by atoms with E-state index in [1.807, 2.05) is 6.92 Å². The molecule has 1 fully saturated rings. The van der Waals surface area contributed by atoms with Crippen molar-refractivity contribution in [3.63, 3.8) is 0 Å². The molecule has 0 bridgehead atoms. The van der Waals surface area contributed by atoms with Crippen molar-refractivity contribution in [3.05, 3.63) is 0 Å². The van der Waals surface area contributed by atoms with Crippen LogP contribution in [0.4, 0.5) is 0 Å². The molecule has 0 unspecified atom stereocenters. The van der Waals surface area contributed by atoms with Crippen LogP contribution >= 0.6 is 0 Å². The second-order valence-corrected chi connectivity index (χ2v) is 5.56. The van der Waals surface area contributed by atoms with Gasteiger partial charge in [0.05, 0.1) is 18.1 Å². The molecule has 4 nitrogen and oxygen atoms in total. The zero-order valence-electron chi connectivity index (χ0n) is 7.95. The minimum atomic E-state index is -2.88. The number of sulfone groups is 1. The Morgan fingerprint density at radius 2 is 2.15 bits per heavy atom. The topological polar surface area (TPSA) is 55.4 Å². The summed E-state index contributed by atoms with van der Waals surface area (Å²) in [7, 11) is -2.88. The molecule has 1 rings (SSSR count). The van der Waals surface area contributed by atoms with E-state index < -0.39 is 9.84 Å². The third-order valence-electron chi connectivity index (χ3n) is 2.10. The fourth-order valence-electron chi connectivity index (χ4n) is 1.24. The maximum Gasteiger partial charge on any atom is 0.152 e. The zero-order valence-corrected chi connectivity index (χ0v) is 8.77. The number of ether oxygens (including phenoxy) is 1. The molecule has 1 aliphatic rings. The van der Waals surface area contributed by atoms with Gasteiger partial charge in [-0.05, 0) is 12.8 Å². The van der Waals surface area contributed by atoms with E-state index in [9.17, 15) is 8.42 Å². The first-order valence-corrected chi connectivity index (χ1v) is 6.45. The molecule has 1 aliphatic heterocycles. The van der Waals surface area contributed by atoms with Gasteiger partial charge in [0.1, 0.15) is 0 Å². The van der Waals surface area contributed by atoms with Crippen molar-refractivity contribution < 1.29 is 13.2 Å². The summed E-state index contributed by atoms with van der Waals surface area (Å²) in [5.41, 5.74) is 0. The van der Waals surface area contributed by atoms with Crippen LogP contribution < -0.4 is 5.32 Å². The van der Waals surface area contributed by atoms with Crippen LogP contribution in [-0.4, -0.2) is 46.2 Å².